The number of hydrogen-bond donors (Lipinski definition) is 1. The van der Waals surface area contributed by atoms with E-state index in [-0.39, 0.29) is 29.6 Å². The van der Waals surface area contributed by atoms with Gasteiger partial charge >= 0.3 is 23.9 Å². The quantitative estimate of drug-likeness (QED) is 0.296. The molecule has 0 aromatic rings. The Morgan fingerprint density at radius 2 is 1.88 bits per heavy atom. The van der Waals surface area contributed by atoms with Gasteiger partial charge in [0.25, 0.3) is 0 Å². The molecule has 1 N–H and O–H groups in total. The molecule has 174 valence electrons. The van der Waals surface area contributed by atoms with Crippen molar-refractivity contribution in [2.75, 3.05) is 7.11 Å². The van der Waals surface area contributed by atoms with Crippen LogP contribution >= 0.6 is 0 Å². The van der Waals surface area contributed by atoms with E-state index < -0.39 is 54.2 Å². The van der Waals surface area contributed by atoms with Gasteiger partial charge in [0.1, 0.15) is 12.2 Å². The van der Waals surface area contributed by atoms with Crippen LogP contribution in [0.1, 0.15) is 33.6 Å². The maximum atomic E-state index is 12.7. The molecule has 0 aromatic carbocycles. The number of esters is 4. The number of ether oxygens (including phenoxy) is 4. The topological polar surface area (TPSA) is 125 Å². The van der Waals surface area contributed by atoms with Gasteiger partial charge in [0.05, 0.1) is 18.6 Å². The molecule has 1 fully saturated rings. The van der Waals surface area contributed by atoms with E-state index in [0.29, 0.717) is 5.57 Å². The van der Waals surface area contributed by atoms with Gasteiger partial charge in [-0.15, -0.1) is 0 Å². The Labute approximate surface area is 186 Å². The molecule has 1 aliphatic heterocycles. The van der Waals surface area contributed by atoms with Crippen LogP contribution < -0.4 is 0 Å². The molecule has 0 spiro atoms. The van der Waals surface area contributed by atoms with Gasteiger partial charge < -0.3 is 24.1 Å². The lowest BCUT2D eigenvalue weighted by molar-refractivity contribution is -0.170. The third kappa shape index (κ3) is 5.16. The van der Waals surface area contributed by atoms with Crippen LogP contribution in [0.4, 0.5) is 0 Å². The fourth-order valence-electron chi connectivity index (χ4n) is 3.62. The monoisotopic (exact) mass is 448 g/mol. The predicted octanol–water partition coefficient (Wildman–Crippen LogP) is 1.70. The second-order valence-electron chi connectivity index (χ2n) is 7.59. The summed E-state index contributed by atoms with van der Waals surface area (Å²) in [5.41, 5.74) is 0.418. The number of carbonyl (C=O) groups excluding carboxylic acids is 4. The van der Waals surface area contributed by atoms with Crippen LogP contribution in [0.3, 0.4) is 0 Å². The number of methoxy groups -OCH3 is 1. The molecule has 9 nitrogen and oxygen atoms in total. The van der Waals surface area contributed by atoms with E-state index in [1.807, 2.05) is 0 Å². The van der Waals surface area contributed by atoms with Crippen molar-refractivity contribution in [3.63, 3.8) is 0 Å². The molecule has 0 amide bonds. The third-order valence-corrected chi connectivity index (χ3v) is 5.49. The maximum absolute atomic E-state index is 12.7. The first-order chi connectivity index (χ1) is 15.0. The average Bonchev–Trinajstić information content (AvgIpc) is 3.05. The summed E-state index contributed by atoms with van der Waals surface area (Å²) in [5, 5.41) is 10.8. The molecule has 0 bridgehead atoms. The first kappa shape index (κ1) is 25.1. The minimum Gasteiger partial charge on any atom is -0.466 e. The Morgan fingerprint density at radius 3 is 2.44 bits per heavy atom. The van der Waals surface area contributed by atoms with Gasteiger partial charge in [-0.2, -0.15) is 0 Å². The lowest BCUT2D eigenvalue weighted by Gasteiger charge is -2.35. The SMILES string of the molecule is C=C1C(=O)O[C@H]2[C@H]1[C@H](OC(=O)/C(C)=C\C)[C@@H](OC(C)=O)/C(C(=O)OC)=C\CCC(=C)[C@@H]2O. The first-order valence-electron chi connectivity index (χ1n) is 10.1. The molecular weight excluding hydrogens is 420 g/mol. The van der Waals surface area contributed by atoms with E-state index in [1.54, 1.807) is 6.92 Å². The zero-order chi connectivity index (χ0) is 24.2. The molecule has 1 aliphatic carbocycles. The number of aliphatic hydroxyl groups is 1. The van der Waals surface area contributed by atoms with E-state index in [1.165, 1.54) is 19.1 Å². The number of hydrogen-bond acceptors (Lipinski definition) is 9. The highest BCUT2D eigenvalue weighted by molar-refractivity contribution is 5.93. The van der Waals surface area contributed by atoms with Gasteiger partial charge in [0, 0.05) is 18.1 Å². The number of fused-ring (bicyclic) bond motifs is 1. The molecule has 0 saturated carbocycles. The van der Waals surface area contributed by atoms with E-state index in [2.05, 4.69) is 13.2 Å². The number of aliphatic hydroxyl groups excluding tert-OH is 1. The van der Waals surface area contributed by atoms with Gasteiger partial charge in [-0.1, -0.05) is 25.3 Å². The lowest BCUT2D eigenvalue weighted by atomic mass is 9.80. The van der Waals surface area contributed by atoms with Gasteiger partial charge in [0.2, 0.25) is 0 Å². The van der Waals surface area contributed by atoms with Crippen molar-refractivity contribution in [3.8, 4) is 0 Å². The highest BCUT2D eigenvalue weighted by atomic mass is 16.6. The molecule has 1 heterocycles. The maximum Gasteiger partial charge on any atom is 0.337 e. The second-order valence-corrected chi connectivity index (χ2v) is 7.59. The van der Waals surface area contributed by atoms with Crippen LogP contribution in [0, 0.1) is 5.92 Å². The Bertz CT molecular complexity index is 895. The minimum atomic E-state index is -1.44. The summed E-state index contributed by atoms with van der Waals surface area (Å²) in [4.78, 5) is 49.6. The summed E-state index contributed by atoms with van der Waals surface area (Å²) >= 11 is 0. The van der Waals surface area contributed by atoms with Gasteiger partial charge in [-0.05, 0) is 32.3 Å². The van der Waals surface area contributed by atoms with Gasteiger partial charge in [-0.25, -0.2) is 14.4 Å². The Morgan fingerprint density at radius 1 is 1.22 bits per heavy atom. The normalized spacial score (nSPS) is 30.4. The van der Waals surface area contributed by atoms with E-state index >= 15 is 0 Å². The highest BCUT2D eigenvalue weighted by Gasteiger charge is 2.53. The van der Waals surface area contributed by atoms with Gasteiger partial charge in [-0.3, -0.25) is 4.79 Å². The molecule has 0 aromatic heterocycles. The van der Waals surface area contributed by atoms with E-state index in [4.69, 9.17) is 18.9 Å². The van der Waals surface area contributed by atoms with Crippen molar-refractivity contribution in [1.82, 2.24) is 0 Å². The van der Waals surface area contributed by atoms with Crippen molar-refractivity contribution in [2.24, 2.45) is 5.92 Å². The van der Waals surface area contributed by atoms with Gasteiger partial charge in [0.15, 0.2) is 12.2 Å². The minimum absolute atomic E-state index is 0.0753. The smallest absolute Gasteiger partial charge is 0.337 e. The molecule has 9 heteroatoms. The summed E-state index contributed by atoms with van der Waals surface area (Å²) in [6.45, 7) is 11.9. The van der Waals surface area contributed by atoms with Crippen molar-refractivity contribution < 1.29 is 43.2 Å². The molecule has 0 radical (unpaired) electrons. The molecule has 32 heavy (non-hydrogen) atoms. The van der Waals surface area contributed by atoms with Crippen LogP contribution in [0.15, 0.2) is 47.6 Å². The van der Waals surface area contributed by atoms with E-state index in [9.17, 15) is 24.3 Å². The number of carbonyl (C=O) groups is 4. The molecule has 2 rings (SSSR count). The zero-order valence-corrected chi connectivity index (χ0v) is 18.6. The summed E-state index contributed by atoms with van der Waals surface area (Å²) in [7, 11) is 1.16. The molecule has 0 unspecified atom stereocenters. The summed E-state index contributed by atoms with van der Waals surface area (Å²) in [5.74, 6) is -4.27. The lowest BCUT2D eigenvalue weighted by Crippen LogP contribution is -2.49. The second kappa shape index (κ2) is 10.4. The van der Waals surface area contributed by atoms with Crippen molar-refractivity contribution >= 4 is 23.9 Å². The summed E-state index contributed by atoms with van der Waals surface area (Å²) in [6.07, 6.45) is -1.88. The van der Waals surface area contributed by atoms with Crippen molar-refractivity contribution in [2.45, 2.75) is 58.0 Å². The van der Waals surface area contributed by atoms with Crippen LogP contribution in [0.5, 0.6) is 0 Å². The summed E-state index contributed by atoms with van der Waals surface area (Å²) < 4.78 is 21.3. The fraction of sp³-hybridized carbons (Fsp3) is 0.478. The average molecular weight is 448 g/mol. The Kier molecular flexibility index (Phi) is 8.15. The standard InChI is InChI=1S/C23H28O9/c1-7-11(2)21(26)32-20-16-13(4)22(27)31-19(16)17(25)12(3)9-8-10-15(23(28)29-6)18(20)30-14(5)24/h7,10,16-20,25H,3-4,8-9H2,1-2,5-6H3/b11-7-,15-10+/t16-,17-,18-,19-,20-/m0/s1. The Balaban J connectivity index is 2.74. The summed E-state index contributed by atoms with van der Waals surface area (Å²) in [6, 6.07) is 0. The predicted molar refractivity (Wildman–Crippen MR) is 112 cm³/mol. The zero-order valence-electron chi connectivity index (χ0n) is 18.6. The fourth-order valence-corrected chi connectivity index (χ4v) is 3.62. The van der Waals surface area contributed by atoms with Crippen LogP contribution in [-0.4, -0.2) is 60.5 Å². The highest BCUT2D eigenvalue weighted by Crippen LogP contribution is 2.39. The Hall–Kier alpha value is -3.20. The number of rotatable bonds is 4. The number of allylic oxidation sites excluding steroid dienone is 2. The van der Waals surface area contributed by atoms with Crippen molar-refractivity contribution in [1.29, 1.82) is 0 Å². The first-order valence-corrected chi connectivity index (χ1v) is 10.1. The van der Waals surface area contributed by atoms with E-state index in [0.717, 1.165) is 14.0 Å². The van der Waals surface area contributed by atoms with Crippen LogP contribution in [-0.2, 0) is 38.1 Å². The molecule has 2 aliphatic rings. The molecule has 1 saturated heterocycles. The molecular formula is C23H28O9. The third-order valence-electron chi connectivity index (χ3n) is 5.49. The largest absolute Gasteiger partial charge is 0.466 e. The van der Waals surface area contributed by atoms with Crippen molar-refractivity contribution in [3.05, 3.63) is 47.6 Å². The van der Waals surface area contributed by atoms with Crippen LogP contribution in [0.25, 0.3) is 0 Å². The van der Waals surface area contributed by atoms with Crippen LogP contribution in [0.2, 0.25) is 0 Å². The molecule has 5 atom stereocenters.